The van der Waals surface area contributed by atoms with E-state index in [1.54, 1.807) is 17.7 Å². The molecule has 1 N–H and O–H groups in total. The number of aryl methyl sites for hydroxylation is 2. The number of fused-ring (bicyclic) bond motifs is 1. The van der Waals surface area contributed by atoms with Gasteiger partial charge >= 0.3 is 0 Å². The van der Waals surface area contributed by atoms with Crippen LogP contribution in [0, 0.1) is 6.92 Å². The van der Waals surface area contributed by atoms with Crippen LogP contribution in [0.25, 0.3) is 10.2 Å². The molecular weight excluding hydrogens is 350 g/mol. The highest BCUT2D eigenvalue weighted by atomic mass is 32.2. The van der Waals surface area contributed by atoms with Crippen LogP contribution in [-0.2, 0) is 11.2 Å². The van der Waals surface area contributed by atoms with Crippen LogP contribution in [0.1, 0.15) is 30.7 Å². The first kappa shape index (κ1) is 17.9. The number of anilines is 1. The van der Waals surface area contributed by atoms with Gasteiger partial charge in [0, 0.05) is 16.0 Å². The fraction of sp³-hybridized carbons (Fsp3) is 0.316. The molecule has 0 aliphatic heterocycles. The van der Waals surface area contributed by atoms with Crippen molar-refractivity contribution in [3.8, 4) is 0 Å². The van der Waals surface area contributed by atoms with Gasteiger partial charge in [-0.2, -0.15) is 0 Å². The van der Waals surface area contributed by atoms with E-state index in [0.717, 1.165) is 39.3 Å². The zero-order valence-corrected chi connectivity index (χ0v) is 16.2. The summed E-state index contributed by atoms with van der Waals surface area (Å²) in [7, 11) is 0. The standard InChI is InChI=1S/C19H21N3OS2/c1-4-14-10-15-18(24-14)20-11-21-19(15)25-16(5-2)17(23)22-13-8-6-7-12(3)9-13/h6-11,16H,4-5H2,1-3H3,(H,22,23). The Kier molecular flexibility index (Phi) is 5.71. The van der Waals surface area contributed by atoms with Gasteiger partial charge in [0.2, 0.25) is 5.91 Å². The maximum atomic E-state index is 12.7. The van der Waals surface area contributed by atoms with E-state index in [-0.39, 0.29) is 11.2 Å². The van der Waals surface area contributed by atoms with E-state index in [9.17, 15) is 4.79 Å². The van der Waals surface area contributed by atoms with Gasteiger partial charge < -0.3 is 5.32 Å². The van der Waals surface area contributed by atoms with Gasteiger partial charge in [0.15, 0.2) is 0 Å². The number of benzene rings is 1. The maximum Gasteiger partial charge on any atom is 0.237 e. The molecule has 0 aliphatic carbocycles. The third kappa shape index (κ3) is 4.19. The molecule has 3 rings (SSSR count). The average molecular weight is 372 g/mol. The van der Waals surface area contributed by atoms with Gasteiger partial charge in [-0.1, -0.05) is 37.7 Å². The number of hydrogen-bond acceptors (Lipinski definition) is 5. The lowest BCUT2D eigenvalue weighted by Crippen LogP contribution is -2.24. The van der Waals surface area contributed by atoms with Crippen LogP contribution < -0.4 is 5.32 Å². The Morgan fingerprint density at radius 2 is 2.12 bits per heavy atom. The molecule has 0 saturated carbocycles. The van der Waals surface area contributed by atoms with Crippen molar-refractivity contribution < 1.29 is 4.79 Å². The van der Waals surface area contributed by atoms with Gasteiger partial charge in [-0.05, 0) is 43.5 Å². The van der Waals surface area contributed by atoms with Crippen LogP contribution in [0.15, 0.2) is 41.7 Å². The van der Waals surface area contributed by atoms with Crippen molar-refractivity contribution in [3.05, 3.63) is 47.1 Å². The first-order valence-corrected chi connectivity index (χ1v) is 10.1. The van der Waals surface area contributed by atoms with Crippen molar-refractivity contribution in [2.45, 2.75) is 43.9 Å². The first-order chi connectivity index (χ1) is 12.1. The average Bonchev–Trinajstić information content (AvgIpc) is 3.03. The summed E-state index contributed by atoms with van der Waals surface area (Å²) in [6, 6.07) is 10.0. The number of nitrogens with zero attached hydrogens (tertiary/aromatic N) is 2. The molecule has 0 aliphatic rings. The van der Waals surface area contributed by atoms with Gasteiger partial charge in [-0.25, -0.2) is 9.97 Å². The van der Waals surface area contributed by atoms with Gasteiger partial charge in [0.1, 0.15) is 16.2 Å². The Bertz CT molecular complexity index is 891. The van der Waals surface area contributed by atoms with E-state index in [0.29, 0.717) is 0 Å². The van der Waals surface area contributed by atoms with E-state index in [4.69, 9.17) is 0 Å². The number of hydrogen-bond donors (Lipinski definition) is 1. The van der Waals surface area contributed by atoms with Crippen molar-refractivity contribution in [1.29, 1.82) is 0 Å². The highest BCUT2D eigenvalue weighted by molar-refractivity contribution is 8.00. The lowest BCUT2D eigenvalue weighted by Gasteiger charge is -2.15. The van der Waals surface area contributed by atoms with Gasteiger partial charge in [-0.15, -0.1) is 11.3 Å². The van der Waals surface area contributed by atoms with E-state index in [2.05, 4.69) is 28.3 Å². The fourth-order valence-corrected chi connectivity index (χ4v) is 4.55. The summed E-state index contributed by atoms with van der Waals surface area (Å²) in [4.78, 5) is 23.7. The molecule has 0 radical (unpaired) electrons. The molecule has 2 heterocycles. The summed E-state index contributed by atoms with van der Waals surface area (Å²) in [5, 5.41) is 4.76. The molecule has 1 atom stereocenters. The Morgan fingerprint density at radius 3 is 2.84 bits per heavy atom. The van der Waals surface area contributed by atoms with Crippen LogP contribution in [0.2, 0.25) is 0 Å². The van der Waals surface area contributed by atoms with E-state index < -0.39 is 0 Å². The van der Waals surface area contributed by atoms with Crippen LogP contribution >= 0.6 is 23.1 Å². The Labute approximate surface area is 156 Å². The molecule has 2 aromatic heterocycles. The van der Waals surface area contributed by atoms with Crippen molar-refractivity contribution in [1.82, 2.24) is 9.97 Å². The molecule has 0 bridgehead atoms. The molecule has 130 valence electrons. The summed E-state index contributed by atoms with van der Waals surface area (Å²) < 4.78 is 0. The number of carbonyl (C=O) groups excluding carboxylic acids is 1. The molecule has 1 unspecified atom stereocenters. The SMILES string of the molecule is CCc1cc2c(SC(CC)C(=O)Nc3cccc(C)c3)ncnc2s1. The molecule has 6 heteroatoms. The first-order valence-electron chi connectivity index (χ1n) is 8.38. The largest absolute Gasteiger partial charge is 0.325 e. The fourth-order valence-electron chi connectivity index (χ4n) is 2.55. The summed E-state index contributed by atoms with van der Waals surface area (Å²) >= 11 is 3.21. The third-order valence-corrected chi connectivity index (χ3v) is 6.46. The Hall–Kier alpha value is -1.92. The number of nitrogens with one attached hydrogen (secondary N) is 1. The third-order valence-electron chi connectivity index (χ3n) is 3.90. The Balaban J connectivity index is 1.80. The maximum absolute atomic E-state index is 12.7. The van der Waals surface area contributed by atoms with Crippen molar-refractivity contribution >= 4 is 44.9 Å². The molecule has 25 heavy (non-hydrogen) atoms. The predicted molar refractivity (Wildman–Crippen MR) is 107 cm³/mol. The van der Waals surface area contributed by atoms with Crippen molar-refractivity contribution in [2.75, 3.05) is 5.32 Å². The van der Waals surface area contributed by atoms with E-state index in [1.165, 1.54) is 16.6 Å². The van der Waals surface area contributed by atoms with Crippen LogP contribution in [0.4, 0.5) is 5.69 Å². The highest BCUT2D eigenvalue weighted by Gasteiger charge is 2.21. The smallest absolute Gasteiger partial charge is 0.237 e. The minimum atomic E-state index is -0.191. The molecule has 0 saturated heterocycles. The monoisotopic (exact) mass is 371 g/mol. The quantitative estimate of drug-likeness (QED) is 0.485. The zero-order chi connectivity index (χ0) is 17.8. The molecule has 1 amide bonds. The molecule has 1 aromatic carbocycles. The number of rotatable bonds is 6. The minimum absolute atomic E-state index is 0.0100. The molecule has 0 fully saturated rings. The van der Waals surface area contributed by atoms with E-state index in [1.807, 2.05) is 38.1 Å². The summed E-state index contributed by atoms with van der Waals surface area (Å²) in [6.07, 6.45) is 3.31. The number of carbonyl (C=O) groups is 1. The topological polar surface area (TPSA) is 54.9 Å². The molecular formula is C19H21N3OS2. The lowest BCUT2D eigenvalue weighted by molar-refractivity contribution is -0.115. The zero-order valence-electron chi connectivity index (χ0n) is 14.6. The number of thioether (sulfide) groups is 1. The number of aromatic nitrogens is 2. The van der Waals surface area contributed by atoms with Crippen LogP contribution in [-0.4, -0.2) is 21.1 Å². The molecule has 4 nitrogen and oxygen atoms in total. The highest BCUT2D eigenvalue weighted by Crippen LogP contribution is 2.34. The predicted octanol–water partition coefficient (Wildman–Crippen LogP) is 5.07. The van der Waals surface area contributed by atoms with Gasteiger partial charge in [-0.3, -0.25) is 4.79 Å². The lowest BCUT2D eigenvalue weighted by atomic mass is 10.2. The number of amides is 1. The Morgan fingerprint density at radius 1 is 1.28 bits per heavy atom. The van der Waals surface area contributed by atoms with Gasteiger partial charge in [0.05, 0.1) is 5.25 Å². The normalized spacial score (nSPS) is 12.3. The van der Waals surface area contributed by atoms with Crippen molar-refractivity contribution in [3.63, 3.8) is 0 Å². The summed E-state index contributed by atoms with van der Waals surface area (Å²) in [5.41, 5.74) is 1.96. The van der Waals surface area contributed by atoms with E-state index >= 15 is 0 Å². The molecule has 3 aromatic rings. The van der Waals surface area contributed by atoms with Gasteiger partial charge in [0.25, 0.3) is 0 Å². The second kappa shape index (κ2) is 7.97. The second-order valence-corrected chi connectivity index (χ2v) is 8.14. The summed E-state index contributed by atoms with van der Waals surface area (Å²) in [6.45, 7) is 6.17. The van der Waals surface area contributed by atoms with Crippen LogP contribution in [0.3, 0.4) is 0 Å². The number of thiophene rings is 1. The second-order valence-electron chi connectivity index (χ2n) is 5.84. The summed E-state index contributed by atoms with van der Waals surface area (Å²) in [5.74, 6) is 0.0100. The minimum Gasteiger partial charge on any atom is -0.325 e. The van der Waals surface area contributed by atoms with Crippen molar-refractivity contribution in [2.24, 2.45) is 0 Å². The molecule has 0 spiro atoms. The van der Waals surface area contributed by atoms with Crippen LogP contribution in [0.5, 0.6) is 0 Å².